The first-order chi connectivity index (χ1) is 13.7. The third kappa shape index (κ3) is 5.58. The predicted molar refractivity (Wildman–Crippen MR) is 111 cm³/mol. The maximum Gasteiger partial charge on any atom is 0.273 e. The van der Waals surface area contributed by atoms with Gasteiger partial charge in [0.15, 0.2) is 5.82 Å². The van der Waals surface area contributed by atoms with E-state index in [1.807, 2.05) is 40.9 Å². The molecule has 1 N–H and O–H groups in total. The number of hydrogen-bond donors (Lipinski definition) is 1. The Morgan fingerprint density at radius 3 is 2.86 bits per heavy atom. The molecule has 1 fully saturated rings. The molecule has 8 heteroatoms. The van der Waals surface area contributed by atoms with Gasteiger partial charge in [0.2, 0.25) is 5.91 Å². The maximum absolute atomic E-state index is 12.4. The van der Waals surface area contributed by atoms with Crippen LogP contribution in [-0.4, -0.2) is 57.2 Å². The van der Waals surface area contributed by atoms with Crippen LogP contribution < -0.4 is 10.3 Å². The zero-order valence-electron chi connectivity index (χ0n) is 16.1. The Morgan fingerprint density at radius 1 is 1.29 bits per heavy atom. The molecule has 0 atom stereocenters. The van der Waals surface area contributed by atoms with Gasteiger partial charge in [0, 0.05) is 43.0 Å². The number of hydrogen-bond acceptors (Lipinski definition) is 6. The van der Waals surface area contributed by atoms with Crippen LogP contribution in [0.1, 0.15) is 31.9 Å². The molecular weight excluding hydrogens is 376 g/mol. The fraction of sp³-hybridized carbons (Fsp3) is 0.500. The van der Waals surface area contributed by atoms with Crippen molar-refractivity contribution in [2.75, 3.05) is 31.2 Å². The largest absolute Gasteiger partial charge is 0.494 e. The van der Waals surface area contributed by atoms with Crippen molar-refractivity contribution < 1.29 is 9.53 Å². The van der Waals surface area contributed by atoms with Gasteiger partial charge in [0.05, 0.1) is 6.61 Å². The average Bonchev–Trinajstić information content (AvgIpc) is 2.73. The first kappa shape index (κ1) is 20.4. The highest BCUT2D eigenvalue weighted by Gasteiger charge is 2.17. The van der Waals surface area contributed by atoms with Crippen molar-refractivity contribution in [1.82, 2.24) is 20.1 Å². The zero-order valence-corrected chi connectivity index (χ0v) is 17.0. The second kappa shape index (κ2) is 10.3. The van der Waals surface area contributed by atoms with Crippen LogP contribution in [0.4, 0.5) is 0 Å². The molecule has 0 saturated carbocycles. The molecule has 0 radical (unpaired) electrons. The van der Waals surface area contributed by atoms with E-state index in [9.17, 15) is 9.59 Å². The Labute approximate surface area is 168 Å². The number of thioether (sulfide) groups is 1. The van der Waals surface area contributed by atoms with Crippen molar-refractivity contribution in [2.45, 2.75) is 32.6 Å². The number of unbranched alkanes of at least 4 members (excludes halogenated alkanes) is 1. The minimum Gasteiger partial charge on any atom is -0.494 e. The van der Waals surface area contributed by atoms with Gasteiger partial charge in [0.1, 0.15) is 11.4 Å². The van der Waals surface area contributed by atoms with E-state index in [0.717, 1.165) is 48.7 Å². The third-order valence-corrected chi connectivity index (χ3v) is 5.52. The summed E-state index contributed by atoms with van der Waals surface area (Å²) in [5.41, 5.74) is 0.732. The fourth-order valence-electron chi connectivity index (χ4n) is 2.92. The van der Waals surface area contributed by atoms with Crippen LogP contribution in [0, 0.1) is 0 Å². The highest BCUT2D eigenvalue weighted by Crippen LogP contribution is 2.20. The summed E-state index contributed by atoms with van der Waals surface area (Å²) >= 11 is 1.86. The Bertz CT molecular complexity index is 849. The number of amides is 1. The van der Waals surface area contributed by atoms with Gasteiger partial charge in [-0.3, -0.25) is 9.59 Å². The van der Waals surface area contributed by atoms with E-state index in [1.54, 1.807) is 0 Å². The van der Waals surface area contributed by atoms with Crippen LogP contribution in [0.25, 0.3) is 11.4 Å². The first-order valence-electron chi connectivity index (χ1n) is 9.72. The van der Waals surface area contributed by atoms with E-state index in [-0.39, 0.29) is 17.9 Å². The highest BCUT2D eigenvalue weighted by molar-refractivity contribution is 7.99. The van der Waals surface area contributed by atoms with Crippen molar-refractivity contribution in [3.63, 3.8) is 0 Å². The molecule has 7 nitrogen and oxygen atoms in total. The lowest BCUT2D eigenvalue weighted by atomic mass is 10.2. The first-order valence-corrected chi connectivity index (χ1v) is 10.9. The molecule has 1 aromatic carbocycles. The Kier molecular flexibility index (Phi) is 7.47. The maximum atomic E-state index is 12.4. The average molecular weight is 403 g/mol. The van der Waals surface area contributed by atoms with Crippen molar-refractivity contribution in [1.29, 1.82) is 0 Å². The topological polar surface area (TPSA) is 88.2 Å². The molecule has 3 rings (SSSR count). The monoisotopic (exact) mass is 402 g/mol. The zero-order chi connectivity index (χ0) is 19.8. The molecule has 1 aliphatic heterocycles. The Balaban J connectivity index is 1.63. The van der Waals surface area contributed by atoms with Crippen LogP contribution in [0.2, 0.25) is 0 Å². The van der Waals surface area contributed by atoms with E-state index in [4.69, 9.17) is 4.74 Å². The summed E-state index contributed by atoms with van der Waals surface area (Å²) in [6, 6.07) is 7.43. The molecule has 0 unspecified atom stereocenters. The van der Waals surface area contributed by atoms with Gasteiger partial charge in [-0.25, -0.2) is 0 Å². The summed E-state index contributed by atoms with van der Waals surface area (Å²) < 4.78 is 5.70. The van der Waals surface area contributed by atoms with Crippen molar-refractivity contribution in [3.05, 3.63) is 40.3 Å². The molecule has 1 aromatic heterocycles. The molecule has 0 spiro atoms. The van der Waals surface area contributed by atoms with Gasteiger partial charge < -0.3 is 14.6 Å². The van der Waals surface area contributed by atoms with Gasteiger partial charge in [0.25, 0.3) is 5.56 Å². The highest BCUT2D eigenvalue weighted by atomic mass is 32.2. The predicted octanol–water partition coefficient (Wildman–Crippen LogP) is 2.52. The molecule has 2 heterocycles. The third-order valence-electron chi connectivity index (χ3n) is 4.58. The second-order valence-corrected chi connectivity index (χ2v) is 7.90. The number of carbonyl (C=O) groups is 1. The van der Waals surface area contributed by atoms with Crippen LogP contribution in [0.3, 0.4) is 0 Å². The van der Waals surface area contributed by atoms with Gasteiger partial charge in [-0.2, -0.15) is 11.8 Å². The number of carbonyl (C=O) groups excluding carboxylic acids is 1. The van der Waals surface area contributed by atoms with Gasteiger partial charge >= 0.3 is 0 Å². The van der Waals surface area contributed by atoms with Crippen molar-refractivity contribution in [3.8, 4) is 17.1 Å². The molecule has 0 aliphatic carbocycles. The van der Waals surface area contributed by atoms with Crippen LogP contribution in [0.15, 0.2) is 29.1 Å². The van der Waals surface area contributed by atoms with E-state index in [2.05, 4.69) is 22.1 Å². The Morgan fingerprint density at radius 2 is 2.11 bits per heavy atom. The molecule has 0 bridgehead atoms. The number of benzene rings is 1. The smallest absolute Gasteiger partial charge is 0.273 e. The summed E-state index contributed by atoms with van der Waals surface area (Å²) in [6.07, 6.45) is 2.64. The number of ether oxygens (including phenoxy) is 1. The molecule has 28 heavy (non-hydrogen) atoms. The van der Waals surface area contributed by atoms with Crippen LogP contribution in [0.5, 0.6) is 5.75 Å². The van der Waals surface area contributed by atoms with E-state index in [0.29, 0.717) is 24.5 Å². The summed E-state index contributed by atoms with van der Waals surface area (Å²) in [7, 11) is 0. The summed E-state index contributed by atoms with van der Waals surface area (Å²) in [4.78, 5) is 29.3. The summed E-state index contributed by atoms with van der Waals surface area (Å²) in [6.45, 7) is 4.33. The molecular formula is C20H26N4O3S. The van der Waals surface area contributed by atoms with E-state index >= 15 is 0 Å². The molecule has 1 aliphatic rings. The fourth-order valence-corrected chi connectivity index (χ4v) is 3.82. The lowest BCUT2D eigenvalue weighted by molar-refractivity contribution is -0.130. The number of aryl methyl sites for hydroxylation is 1. The van der Waals surface area contributed by atoms with E-state index in [1.165, 1.54) is 0 Å². The number of aromatic amines is 1. The summed E-state index contributed by atoms with van der Waals surface area (Å²) in [5, 5.41) is 8.22. The molecule has 1 saturated heterocycles. The number of rotatable bonds is 8. The van der Waals surface area contributed by atoms with Crippen molar-refractivity contribution in [2.24, 2.45) is 0 Å². The van der Waals surface area contributed by atoms with Gasteiger partial charge in [-0.15, -0.1) is 10.2 Å². The molecule has 2 aromatic rings. The SMILES string of the molecule is CCCCOc1cccc(-c2nnc(CCC(=O)N3CCSCC3)c(=O)[nH]2)c1. The van der Waals surface area contributed by atoms with Gasteiger partial charge in [-0.1, -0.05) is 25.5 Å². The van der Waals surface area contributed by atoms with Crippen molar-refractivity contribution >= 4 is 17.7 Å². The molecule has 150 valence electrons. The minimum absolute atomic E-state index is 0.0718. The van der Waals surface area contributed by atoms with Crippen LogP contribution >= 0.6 is 11.8 Å². The standard InChI is InChI=1S/C20H26N4O3S/c1-2-3-11-27-16-6-4-5-15(14-16)19-21-20(26)17(22-23-19)7-8-18(25)24-9-12-28-13-10-24/h4-6,14H,2-3,7-13H2,1H3,(H,21,23,26). The van der Waals surface area contributed by atoms with Gasteiger partial charge in [-0.05, 0) is 18.6 Å². The number of H-pyrrole nitrogens is 1. The second-order valence-electron chi connectivity index (χ2n) is 6.67. The normalized spacial score (nSPS) is 14.1. The van der Waals surface area contributed by atoms with Crippen LogP contribution in [-0.2, 0) is 11.2 Å². The summed E-state index contributed by atoms with van der Waals surface area (Å²) in [5.74, 6) is 3.16. The number of nitrogens with zero attached hydrogens (tertiary/aromatic N) is 3. The quantitative estimate of drug-likeness (QED) is 0.683. The number of nitrogens with one attached hydrogen (secondary N) is 1. The lowest BCUT2D eigenvalue weighted by Gasteiger charge is -2.26. The molecule has 1 amide bonds. The number of aromatic nitrogens is 3. The minimum atomic E-state index is -0.302. The lowest BCUT2D eigenvalue weighted by Crippen LogP contribution is -2.38. The Hall–Kier alpha value is -2.35. The van der Waals surface area contributed by atoms with E-state index < -0.39 is 0 Å².